The molecule has 4 aromatic carbocycles. The number of hydrogen-bond donors (Lipinski definition) is 1. The Hall–Kier alpha value is -4.59. The number of halogens is 3. The van der Waals surface area contributed by atoms with E-state index in [0.717, 1.165) is 11.1 Å². The molecule has 5 nitrogen and oxygen atoms in total. The van der Waals surface area contributed by atoms with Gasteiger partial charge in [0.2, 0.25) is 11.2 Å². The monoisotopic (exact) mass is 517 g/mol. The van der Waals surface area contributed by atoms with Crippen LogP contribution in [0.15, 0.2) is 88.1 Å². The molecule has 1 amide bonds. The number of fused-ring (bicyclic) bond motifs is 2. The fourth-order valence-corrected chi connectivity index (χ4v) is 4.37. The average molecular weight is 518 g/mol. The SMILES string of the molecule is Cc1cccc(NC(=O)COc2ccc3c(=O)c(-c4cccc5ccccc45)c(C(F)(F)F)oc3c2)c1C. The lowest BCUT2D eigenvalue weighted by atomic mass is 9.96. The standard InChI is InChI=1S/C30H22F3NO4/c1-17-7-5-12-24(18(17)2)34-26(35)16-37-20-13-14-23-25(15-20)38-29(30(31,32)33)27(28(23)36)22-11-6-9-19-8-3-4-10-21(19)22/h3-15H,16H2,1-2H3,(H,34,35). The quantitative estimate of drug-likeness (QED) is 0.266. The van der Waals surface area contributed by atoms with Crippen LogP contribution in [0, 0.1) is 13.8 Å². The smallest absolute Gasteiger partial charge is 0.450 e. The molecule has 1 aromatic heterocycles. The van der Waals surface area contributed by atoms with Gasteiger partial charge in [0, 0.05) is 11.8 Å². The van der Waals surface area contributed by atoms with Crippen molar-refractivity contribution in [2.24, 2.45) is 0 Å². The Balaban J connectivity index is 1.51. The maximum atomic E-state index is 14.1. The molecule has 0 saturated heterocycles. The van der Waals surface area contributed by atoms with Crippen LogP contribution < -0.4 is 15.5 Å². The summed E-state index contributed by atoms with van der Waals surface area (Å²) >= 11 is 0. The van der Waals surface area contributed by atoms with Crippen LogP contribution >= 0.6 is 0 Å². The lowest BCUT2D eigenvalue weighted by molar-refractivity contribution is -0.152. The van der Waals surface area contributed by atoms with Gasteiger partial charge in [-0.05, 0) is 59.5 Å². The second kappa shape index (κ2) is 9.70. The van der Waals surface area contributed by atoms with Gasteiger partial charge in [-0.2, -0.15) is 13.2 Å². The molecule has 0 saturated carbocycles. The van der Waals surface area contributed by atoms with Crippen molar-refractivity contribution in [3.05, 3.63) is 106 Å². The van der Waals surface area contributed by atoms with Crippen molar-refractivity contribution < 1.29 is 27.1 Å². The van der Waals surface area contributed by atoms with Gasteiger partial charge in [0.05, 0.1) is 10.9 Å². The van der Waals surface area contributed by atoms with Crippen LogP contribution in [-0.4, -0.2) is 12.5 Å². The zero-order valence-electron chi connectivity index (χ0n) is 20.5. The van der Waals surface area contributed by atoms with Crippen LogP contribution in [-0.2, 0) is 11.0 Å². The summed E-state index contributed by atoms with van der Waals surface area (Å²) in [5.41, 5.74) is 1.04. The molecular weight excluding hydrogens is 495 g/mol. The number of benzene rings is 4. The van der Waals surface area contributed by atoms with E-state index >= 15 is 0 Å². The van der Waals surface area contributed by atoms with E-state index in [1.807, 2.05) is 26.0 Å². The number of rotatable bonds is 5. The predicted molar refractivity (Wildman–Crippen MR) is 140 cm³/mol. The molecule has 0 atom stereocenters. The fourth-order valence-electron chi connectivity index (χ4n) is 4.37. The third-order valence-electron chi connectivity index (χ3n) is 6.43. The second-order valence-corrected chi connectivity index (χ2v) is 8.90. The number of carbonyl (C=O) groups excluding carboxylic acids is 1. The van der Waals surface area contributed by atoms with Crippen molar-refractivity contribution in [1.29, 1.82) is 0 Å². The van der Waals surface area contributed by atoms with Crippen LogP contribution in [0.3, 0.4) is 0 Å². The van der Waals surface area contributed by atoms with Crippen LogP contribution in [0.25, 0.3) is 32.9 Å². The van der Waals surface area contributed by atoms with Gasteiger partial charge in [0.1, 0.15) is 11.3 Å². The Morgan fingerprint density at radius 3 is 2.45 bits per heavy atom. The van der Waals surface area contributed by atoms with E-state index < -0.39 is 28.8 Å². The van der Waals surface area contributed by atoms with E-state index in [4.69, 9.17) is 9.15 Å². The number of carbonyl (C=O) groups is 1. The van der Waals surface area contributed by atoms with Crippen molar-refractivity contribution in [2.45, 2.75) is 20.0 Å². The first-order valence-electron chi connectivity index (χ1n) is 11.8. The van der Waals surface area contributed by atoms with Gasteiger partial charge in [-0.1, -0.05) is 54.6 Å². The molecule has 192 valence electrons. The van der Waals surface area contributed by atoms with Crippen molar-refractivity contribution in [2.75, 3.05) is 11.9 Å². The Morgan fingerprint density at radius 1 is 0.921 bits per heavy atom. The van der Waals surface area contributed by atoms with Gasteiger partial charge >= 0.3 is 6.18 Å². The normalized spacial score (nSPS) is 11.6. The average Bonchev–Trinajstić information content (AvgIpc) is 2.89. The van der Waals surface area contributed by atoms with E-state index in [-0.39, 0.29) is 28.9 Å². The molecule has 1 N–H and O–H groups in total. The minimum absolute atomic E-state index is 0.0341. The van der Waals surface area contributed by atoms with Crippen LogP contribution in [0.1, 0.15) is 16.9 Å². The van der Waals surface area contributed by atoms with E-state index in [0.29, 0.717) is 16.5 Å². The van der Waals surface area contributed by atoms with E-state index in [1.54, 1.807) is 42.5 Å². The highest BCUT2D eigenvalue weighted by molar-refractivity contribution is 5.99. The molecule has 0 radical (unpaired) electrons. The summed E-state index contributed by atoms with van der Waals surface area (Å²) in [6.45, 7) is 3.41. The number of hydrogen-bond acceptors (Lipinski definition) is 4. The maximum absolute atomic E-state index is 14.1. The maximum Gasteiger partial charge on any atom is 0.450 e. The summed E-state index contributed by atoms with van der Waals surface area (Å²) in [6, 6.07) is 21.2. The Labute approximate surface area is 215 Å². The number of ether oxygens (including phenoxy) is 1. The molecule has 0 spiro atoms. The van der Waals surface area contributed by atoms with Crippen molar-refractivity contribution in [3.63, 3.8) is 0 Å². The van der Waals surface area contributed by atoms with E-state index in [9.17, 15) is 22.8 Å². The first kappa shape index (κ1) is 25.1. The van der Waals surface area contributed by atoms with Crippen LogP contribution in [0.4, 0.5) is 18.9 Å². The Morgan fingerprint density at radius 2 is 1.66 bits per heavy atom. The number of amides is 1. The van der Waals surface area contributed by atoms with Crippen molar-refractivity contribution in [1.82, 2.24) is 0 Å². The molecule has 0 aliphatic heterocycles. The Bertz CT molecular complexity index is 1750. The van der Waals surface area contributed by atoms with Gasteiger partial charge in [0.25, 0.3) is 5.91 Å². The number of anilines is 1. The van der Waals surface area contributed by atoms with Crippen molar-refractivity contribution in [3.8, 4) is 16.9 Å². The zero-order valence-corrected chi connectivity index (χ0v) is 20.5. The highest BCUT2D eigenvalue weighted by atomic mass is 19.4. The minimum atomic E-state index is -4.93. The predicted octanol–water partition coefficient (Wildman–Crippen LogP) is 7.27. The summed E-state index contributed by atoms with van der Waals surface area (Å²) in [4.78, 5) is 25.8. The molecule has 0 aliphatic rings. The van der Waals surface area contributed by atoms with Gasteiger partial charge in [0.15, 0.2) is 6.61 Å². The summed E-state index contributed by atoms with van der Waals surface area (Å²) in [5, 5.41) is 3.91. The van der Waals surface area contributed by atoms with E-state index in [2.05, 4.69) is 5.32 Å². The largest absolute Gasteiger partial charge is 0.484 e. The van der Waals surface area contributed by atoms with Crippen molar-refractivity contribution >= 4 is 33.3 Å². The summed E-state index contributed by atoms with van der Waals surface area (Å²) < 4.78 is 53.3. The third kappa shape index (κ3) is 4.72. The van der Waals surface area contributed by atoms with E-state index in [1.165, 1.54) is 24.3 Å². The summed E-state index contributed by atoms with van der Waals surface area (Å²) in [7, 11) is 0. The zero-order chi connectivity index (χ0) is 27.0. The molecule has 1 heterocycles. The first-order chi connectivity index (χ1) is 18.1. The molecule has 0 aliphatic carbocycles. The Kier molecular flexibility index (Phi) is 6.40. The van der Waals surface area contributed by atoms with Crippen LogP contribution in [0.2, 0.25) is 0 Å². The topological polar surface area (TPSA) is 68.5 Å². The molecule has 38 heavy (non-hydrogen) atoms. The van der Waals surface area contributed by atoms with Gasteiger partial charge in [-0.25, -0.2) is 0 Å². The minimum Gasteiger partial charge on any atom is -0.484 e. The van der Waals surface area contributed by atoms with Crippen LogP contribution in [0.5, 0.6) is 5.75 Å². The number of alkyl halides is 3. The van der Waals surface area contributed by atoms with Gasteiger partial charge in [-0.15, -0.1) is 0 Å². The van der Waals surface area contributed by atoms with Gasteiger partial charge in [-0.3, -0.25) is 9.59 Å². The summed E-state index contributed by atoms with van der Waals surface area (Å²) in [6.07, 6.45) is -4.93. The third-order valence-corrected chi connectivity index (χ3v) is 6.43. The lowest BCUT2D eigenvalue weighted by Gasteiger charge is -2.15. The highest BCUT2D eigenvalue weighted by Crippen LogP contribution is 2.39. The first-order valence-corrected chi connectivity index (χ1v) is 11.8. The number of aryl methyl sites for hydroxylation is 1. The highest BCUT2D eigenvalue weighted by Gasteiger charge is 2.39. The molecular formula is C30H22F3NO4. The molecule has 0 unspecified atom stereocenters. The lowest BCUT2D eigenvalue weighted by Crippen LogP contribution is -2.21. The molecule has 5 aromatic rings. The molecule has 0 fully saturated rings. The number of nitrogens with one attached hydrogen (secondary N) is 1. The molecule has 5 rings (SSSR count). The summed E-state index contributed by atoms with van der Waals surface area (Å²) in [5.74, 6) is -1.75. The molecule has 0 bridgehead atoms. The van der Waals surface area contributed by atoms with Gasteiger partial charge < -0.3 is 14.5 Å². The second-order valence-electron chi connectivity index (χ2n) is 8.90. The molecule has 8 heteroatoms. The fraction of sp³-hybridized carbons (Fsp3) is 0.133.